The average Bonchev–Trinajstić information content (AvgIpc) is 2.70. The molecular weight excluding hydrogens is 198 g/mol. The van der Waals surface area contributed by atoms with Gasteiger partial charge in [-0.05, 0) is 25.0 Å². The minimum Gasteiger partial charge on any atom is -0.338 e. The predicted molar refractivity (Wildman–Crippen MR) is 56.3 cm³/mol. The Balaban J connectivity index is 2.22. The summed E-state index contributed by atoms with van der Waals surface area (Å²) in [6, 6.07) is 7.17. The quantitative estimate of drug-likeness (QED) is 0.694. The summed E-state index contributed by atoms with van der Waals surface area (Å²) in [4.78, 5) is 13.7. The van der Waals surface area contributed by atoms with E-state index in [2.05, 4.69) is 6.42 Å². The maximum absolute atomic E-state index is 11.9. The Hall–Kier alpha value is -1.02. The molecule has 1 aromatic carbocycles. The van der Waals surface area contributed by atoms with Crippen molar-refractivity contribution in [1.29, 1.82) is 0 Å². The van der Waals surface area contributed by atoms with Gasteiger partial charge < -0.3 is 4.90 Å². The van der Waals surface area contributed by atoms with E-state index >= 15 is 0 Å². The van der Waals surface area contributed by atoms with Crippen molar-refractivity contribution in [3.05, 3.63) is 41.3 Å². The SMILES string of the molecule is O=C(c1ccccc1Cl)N1C[CH]CC1. The highest BCUT2D eigenvalue weighted by Gasteiger charge is 2.20. The zero-order valence-electron chi connectivity index (χ0n) is 7.74. The number of amides is 1. The molecule has 1 amide bonds. The highest BCUT2D eigenvalue weighted by Crippen LogP contribution is 2.19. The molecule has 1 heterocycles. The van der Waals surface area contributed by atoms with Gasteiger partial charge in [-0.1, -0.05) is 23.7 Å². The molecule has 1 aliphatic rings. The minimum atomic E-state index is 0.0318. The monoisotopic (exact) mass is 208 g/mol. The molecule has 1 radical (unpaired) electrons. The third kappa shape index (κ3) is 1.75. The van der Waals surface area contributed by atoms with Crippen molar-refractivity contribution in [1.82, 2.24) is 4.90 Å². The van der Waals surface area contributed by atoms with Gasteiger partial charge in [-0.25, -0.2) is 0 Å². The Kier molecular flexibility index (Phi) is 2.73. The summed E-state index contributed by atoms with van der Waals surface area (Å²) in [5.41, 5.74) is 0.601. The van der Waals surface area contributed by atoms with Crippen LogP contribution in [0.2, 0.25) is 5.02 Å². The van der Waals surface area contributed by atoms with E-state index in [1.54, 1.807) is 17.0 Å². The smallest absolute Gasteiger partial charge is 0.255 e. The Labute approximate surface area is 88.5 Å². The Morgan fingerprint density at radius 1 is 1.36 bits per heavy atom. The van der Waals surface area contributed by atoms with Gasteiger partial charge in [0.05, 0.1) is 10.6 Å². The third-order valence-electron chi connectivity index (χ3n) is 2.34. The molecule has 2 rings (SSSR count). The summed E-state index contributed by atoms with van der Waals surface area (Å²) in [5, 5.41) is 0.532. The number of carbonyl (C=O) groups excluding carboxylic acids is 1. The van der Waals surface area contributed by atoms with Crippen molar-refractivity contribution < 1.29 is 4.79 Å². The number of rotatable bonds is 1. The van der Waals surface area contributed by atoms with Gasteiger partial charge in [0.15, 0.2) is 0 Å². The number of hydrogen-bond acceptors (Lipinski definition) is 1. The van der Waals surface area contributed by atoms with Gasteiger partial charge >= 0.3 is 0 Å². The molecule has 0 bridgehead atoms. The highest BCUT2D eigenvalue weighted by molar-refractivity contribution is 6.33. The van der Waals surface area contributed by atoms with Crippen molar-refractivity contribution in [2.24, 2.45) is 0 Å². The molecule has 0 spiro atoms. The maximum atomic E-state index is 11.9. The molecule has 0 N–H and O–H groups in total. The summed E-state index contributed by atoms with van der Waals surface area (Å²) in [6.45, 7) is 1.55. The van der Waals surface area contributed by atoms with E-state index in [1.807, 2.05) is 12.1 Å². The van der Waals surface area contributed by atoms with E-state index in [0.717, 1.165) is 19.5 Å². The van der Waals surface area contributed by atoms with Crippen LogP contribution in [-0.2, 0) is 0 Å². The van der Waals surface area contributed by atoms with Crippen LogP contribution in [0.1, 0.15) is 16.8 Å². The number of hydrogen-bond donors (Lipinski definition) is 0. The van der Waals surface area contributed by atoms with Crippen LogP contribution in [0.4, 0.5) is 0 Å². The Morgan fingerprint density at radius 3 is 2.79 bits per heavy atom. The van der Waals surface area contributed by atoms with Crippen molar-refractivity contribution in [3.8, 4) is 0 Å². The third-order valence-corrected chi connectivity index (χ3v) is 2.67. The van der Waals surface area contributed by atoms with E-state index in [-0.39, 0.29) is 5.91 Å². The van der Waals surface area contributed by atoms with Gasteiger partial charge in [-0.2, -0.15) is 0 Å². The zero-order valence-corrected chi connectivity index (χ0v) is 8.50. The molecule has 0 saturated carbocycles. The van der Waals surface area contributed by atoms with Gasteiger partial charge in [0, 0.05) is 13.1 Å². The van der Waals surface area contributed by atoms with Gasteiger partial charge in [-0.15, -0.1) is 0 Å². The van der Waals surface area contributed by atoms with E-state index < -0.39 is 0 Å². The number of likely N-dealkylation sites (tertiary alicyclic amines) is 1. The fraction of sp³-hybridized carbons (Fsp3) is 0.273. The van der Waals surface area contributed by atoms with Crippen LogP contribution >= 0.6 is 11.6 Å². The van der Waals surface area contributed by atoms with Crippen LogP contribution in [-0.4, -0.2) is 23.9 Å². The molecule has 1 aromatic rings. The Morgan fingerprint density at radius 2 is 2.14 bits per heavy atom. The molecule has 0 unspecified atom stereocenters. The van der Waals surface area contributed by atoms with Crippen LogP contribution in [0, 0.1) is 6.42 Å². The Bertz CT molecular complexity index is 345. The predicted octanol–water partition coefficient (Wildman–Crippen LogP) is 2.39. The molecule has 0 aromatic heterocycles. The topological polar surface area (TPSA) is 20.3 Å². The number of carbonyl (C=O) groups is 1. The van der Waals surface area contributed by atoms with Crippen LogP contribution in [0.5, 0.6) is 0 Å². The molecule has 1 fully saturated rings. The van der Waals surface area contributed by atoms with E-state index in [0.29, 0.717) is 10.6 Å². The largest absolute Gasteiger partial charge is 0.338 e. The summed E-state index contributed by atoms with van der Waals surface area (Å²) in [6.07, 6.45) is 3.09. The van der Waals surface area contributed by atoms with Crippen molar-refractivity contribution in [3.63, 3.8) is 0 Å². The van der Waals surface area contributed by atoms with E-state index in [9.17, 15) is 4.79 Å². The first-order valence-corrected chi connectivity index (χ1v) is 5.02. The zero-order chi connectivity index (χ0) is 9.97. The molecule has 1 aliphatic heterocycles. The van der Waals surface area contributed by atoms with Crippen molar-refractivity contribution >= 4 is 17.5 Å². The molecule has 0 aliphatic carbocycles. The van der Waals surface area contributed by atoms with Gasteiger partial charge in [0.25, 0.3) is 5.91 Å². The normalized spacial score (nSPS) is 15.9. The second-order valence-corrected chi connectivity index (χ2v) is 3.72. The first-order valence-electron chi connectivity index (χ1n) is 4.64. The molecule has 3 heteroatoms. The van der Waals surface area contributed by atoms with Crippen LogP contribution < -0.4 is 0 Å². The second-order valence-electron chi connectivity index (χ2n) is 3.31. The number of halogens is 1. The fourth-order valence-corrected chi connectivity index (χ4v) is 1.79. The summed E-state index contributed by atoms with van der Waals surface area (Å²) in [7, 11) is 0. The van der Waals surface area contributed by atoms with Gasteiger partial charge in [-0.3, -0.25) is 4.79 Å². The molecule has 0 atom stereocenters. The van der Waals surface area contributed by atoms with Crippen molar-refractivity contribution in [2.75, 3.05) is 13.1 Å². The summed E-state index contributed by atoms with van der Waals surface area (Å²) in [5.74, 6) is 0.0318. The molecule has 2 nitrogen and oxygen atoms in total. The summed E-state index contributed by atoms with van der Waals surface area (Å²) < 4.78 is 0. The average molecular weight is 209 g/mol. The van der Waals surface area contributed by atoms with Gasteiger partial charge in [0.2, 0.25) is 0 Å². The lowest BCUT2D eigenvalue weighted by molar-refractivity contribution is 0.0796. The van der Waals surface area contributed by atoms with Gasteiger partial charge in [0.1, 0.15) is 0 Å². The van der Waals surface area contributed by atoms with E-state index in [4.69, 9.17) is 11.6 Å². The standard InChI is InChI=1S/C11H11ClNO/c12-10-6-2-1-5-9(10)11(14)13-7-3-4-8-13/h1-3,5-6H,4,7-8H2. The lowest BCUT2D eigenvalue weighted by atomic mass is 10.2. The molecule has 73 valence electrons. The number of benzene rings is 1. The maximum Gasteiger partial charge on any atom is 0.255 e. The molecule has 14 heavy (non-hydrogen) atoms. The highest BCUT2D eigenvalue weighted by atomic mass is 35.5. The second kappa shape index (κ2) is 4.01. The fourth-order valence-electron chi connectivity index (χ4n) is 1.57. The van der Waals surface area contributed by atoms with Crippen LogP contribution in [0.15, 0.2) is 24.3 Å². The number of nitrogens with zero attached hydrogens (tertiary/aromatic N) is 1. The van der Waals surface area contributed by atoms with Crippen LogP contribution in [0.3, 0.4) is 0 Å². The first-order chi connectivity index (χ1) is 6.79. The minimum absolute atomic E-state index is 0.0318. The lowest BCUT2D eigenvalue weighted by Gasteiger charge is -2.15. The summed E-state index contributed by atoms with van der Waals surface area (Å²) >= 11 is 5.94. The first kappa shape index (κ1) is 9.53. The van der Waals surface area contributed by atoms with Crippen LogP contribution in [0.25, 0.3) is 0 Å². The van der Waals surface area contributed by atoms with E-state index in [1.165, 1.54) is 0 Å². The molecular formula is C11H11ClNO. The molecule has 1 saturated heterocycles. The van der Waals surface area contributed by atoms with Crippen molar-refractivity contribution in [2.45, 2.75) is 6.42 Å². The lowest BCUT2D eigenvalue weighted by Crippen LogP contribution is -2.27.